The molecule has 9 nitrogen and oxygen atoms in total. The van der Waals surface area contributed by atoms with Crippen LogP contribution in [0.5, 0.6) is 5.75 Å². The van der Waals surface area contributed by atoms with Crippen LogP contribution in [0.2, 0.25) is 0 Å². The molecule has 1 aromatic carbocycles. The minimum absolute atomic E-state index is 0.430. The maximum absolute atomic E-state index is 5.84. The first-order valence-corrected chi connectivity index (χ1v) is 8.14. The number of rotatable bonds is 6. The number of aromatic nitrogens is 5. The van der Waals surface area contributed by atoms with Crippen molar-refractivity contribution < 1.29 is 4.74 Å². The zero-order valence-electron chi connectivity index (χ0n) is 14.2. The Morgan fingerprint density at radius 2 is 1.63 bits per heavy atom. The van der Waals surface area contributed by atoms with E-state index in [2.05, 4.69) is 35.7 Å². The molecule has 0 aliphatic heterocycles. The van der Waals surface area contributed by atoms with Crippen LogP contribution in [0.15, 0.2) is 61.4 Å². The van der Waals surface area contributed by atoms with Crippen molar-refractivity contribution in [1.82, 2.24) is 24.9 Å². The molecule has 3 aromatic heterocycles. The zero-order chi connectivity index (χ0) is 18.5. The second-order valence-corrected chi connectivity index (χ2v) is 5.58. The Kier molecular flexibility index (Phi) is 4.66. The molecular formula is C18H16N8O. The Bertz CT molecular complexity index is 1060. The summed E-state index contributed by atoms with van der Waals surface area (Å²) >= 11 is 0. The predicted octanol–water partition coefficient (Wildman–Crippen LogP) is 2.42. The van der Waals surface area contributed by atoms with Gasteiger partial charge in [-0.1, -0.05) is 6.07 Å². The molecule has 3 heterocycles. The maximum Gasteiger partial charge on any atom is 0.170 e. The minimum Gasteiger partial charge on any atom is -0.489 e. The van der Waals surface area contributed by atoms with Crippen molar-refractivity contribution in [2.24, 2.45) is 5.84 Å². The highest BCUT2D eigenvalue weighted by atomic mass is 16.5. The number of nitrogen functional groups attached to an aromatic ring is 1. The predicted molar refractivity (Wildman–Crippen MR) is 101 cm³/mol. The summed E-state index contributed by atoms with van der Waals surface area (Å²) in [5.74, 6) is 7.19. The third kappa shape index (κ3) is 3.72. The number of benzene rings is 1. The Hall–Kier alpha value is -3.85. The van der Waals surface area contributed by atoms with Gasteiger partial charge < -0.3 is 15.5 Å². The van der Waals surface area contributed by atoms with E-state index >= 15 is 0 Å². The number of anilines is 3. The average Bonchev–Trinajstić information content (AvgIpc) is 2.73. The van der Waals surface area contributed by atoms with Gasteiger partial charge in [-0.3, -0.25) is 4.98 Å². The normalized spacial score (nSPS) is 10.6. The van der Waals surface area contributed by atoms with E-state index in [-0.39, 0.29) is 0 Å². The molecular weight excluding hydrogens is 344 g/mol. The topological polar surface area (TPSA) is 124 Å². The molecule has 9 heteroatoms. The van der Waals surface area contributed by atoms with Crippen LogP contribution >= 0.6 is 0 Å². The SMILES string of the molecule is NNc1ncnc2c(Nc3cccc(OCc4ccncc4)c3)ncnc12. The largest absolute Gasteiger partial charge is 0.489 e. The van der Waals surface area contributed by atoms with Gasteiger partial charge in [-0.25, -0.2) is 25.8 Å². The number of nitrogens with two attached hydrogens (primary N) is 1. The first-order chi connectivity index (χ1) is 13.3. The molecule has 0 fully saturated rings. The second kappa shape index (κ2) is 7.58. The molecule has 0 aliphatic rings. The van der Waals surface area contributed by atoms with Gasteiger partial charge >= 0.3 is 0 Å². The van der Waals surface area contributed by atoms with Crippen molar-refractivity contribution in [1.29, 1.82) is 0 Å². The Balaban J connectivity index is 1.56. The number of hydrazine groups is 1. The molecule has 4 rings (SSSR count). The fraction of sp³-hybridized carbons (Fsp3) is 0.0556. The van der Waals surface area contributed by atoms with Crippen LogP contribution in [0.4, 0.5) is 17.3 Å². The van der Waals surface area contributed by atoms with Crippen LogP contribution in [0.1, 0.15) is 5.56 Å². The molecule has 0 saturated heterocycles. The molecule has 4 aromatic rings. The molecule has 0 aliphatic carbocycles. The zero-order valence-corrected chi connectivity index (χ0v) is 14.2. The average molecular weight is 360 g/mol. The lowest BCUT2D eigenvalue weighted by atomic mass is 10.2. The van der Waals surface area contributed by atoms with Crippen molar-refractivity contribution in [2.45, 2.75) is 6.61 Å². The van der Waals surface area contributed by atoms with Crippen LogP contribution in [0, 0.1) is 0 Å². The summed E-state index contributed by atoms with van der Waals surface area (Å²) in [6.45, 7) is 0.459. The van der Waals surface area contributed by atoms with Gasteiger partial charge in [0.25, 0.3) is 0 Å². The van der Waals surface area contributed by atoms with Crippen molar-refractivity contribution in [2.75, 3.05) is 10.7 Å². The van der Waals surface area contributed by atoms with Gasteiger partial charge in [0.1, 0.15) is 36.0 Å². The smallest absolute Gasteiger partial charge is 0.170 e. The van der Waals surface area contributed by atoms with Crippen molar-refractivity contribution >= 4 is 28.4 Å². The first kappa shape index (κ1) is 16.6. The van der Waals surface area contributed by atoms with Crippen LogP contribution < -0.4 is 21.3 Å². The third-order valence-electron chi connectivity index (χ3n) is 3.81. The second-order valence-electron chi connectivity index (χ2n) is 5.58. The number of nitrogens with zero attached hydrogens (tertiary/aromatic N) is 5. The molecule has 4 N–H and O–H groups in total. The molecule has 134 valence electrons. The Labute approximate surface area is 154 Å². The summed E-state index contributed by atoms with van der Waals surface area (Å²) in [6.07, 6.45) is 6.31. The molecule has 0 saturated carbocycles. The summed E-state index contributed by atoms with van der Waals surface area (Å²) < 4.78 is 5.84. The van der Waals surface area contributed by atoms with E-state index in [0.717, 1.165) is 17.0 Å². The highest BCUT2D eigenvalue weighted by molar-refractivity contribution is 5.93. The Morgan fingerprint density at radius 3 is 2.41 bits per heavy atom. The standard InChI is InChI=1S/C18H16N8O/c19-26-18-16-15(21-11-24-18)17(23-10-22-16)25-13-2-1-3-14(8-13)27-9-12-4-6-20-7-5-12/h1-8,10-11H,9,19H2,(H,21,24,26)(H,22,23,25). The van der Waals surface area contributed by atoms with Crippen LogP contribution in [0.25, 0.3) is 11.0 Å². The van der Waals surface area contributed by atoms with E-state index in [0.29, 0.717) is 29.3 Å². The van der Waals surface area contributed by atoms with Gasteiger partial charge in [0.2, 0.25) is 0 Å². The summed E-state index contributed by atoms with van der Waals surface area (Å²) in [7, 11) is 0. The third-order valence-corrected chi connectivity index (χ3v) is 3.81. The number of nitrogens with one attached hydrogen (secondary N) is 2. The maximum atomic E-state index is 5.84. The lowest BCUT2D eigenvalue weighted by molar-refractivity contribution is 0.306. The summed E-state index contributed by atoms with van der Waals surface area (Å²) in [5.41, 5.74) is 5.45. The highest BCUT2D eigenvalue weighted by Crippen LogP contribution is 2.26. The van der Waals surface area contributed by atoms with Crippen LogP contribution in [-0.2, 0) is 6.61 Å². The number of pyridine rings is 1. The lowest BCUT2D eigenvalue weighted by Crippen LogP contribution is -2.10. The van der Waals surface area contributed by atoms with Crippen LogP contribution in [-0.4, -0.2) is 24.9 Å². The number of hydrogen-bond acceptors (Lipinski definition) is 9. The highest BCUT2D eigenvalue weighted by Gasteiger charge is 2.10. The molecule has 0 spiro atoms. The van der Waals surface area contributed by atoms with Gasteiger partial charge in [-0.05, 0) is 29.8 Å². The van der Waals surface area contributed by atoms with Gasteiger partial charge in [0, 0.05) is 24.1 Å². The fourth-order valence-corrected chi connectivity index (χ4v) is 2.52. The van der Waals surface area contributed by atoms with E-state index in [1.54, 1.807) is 12.4 Å². The number of hydrogen-bond donors (Lipinski definition) is 3. The van der Waals surface area contributed by atoms with E-state index < -0.39 is 0 Å². The lowest BCUT2D eigenvalue weighted by Gasteiger charge is -2.11. The summed E-state index contributed by atoms with van der Waals surface area (Å²) in [5, 5.41) is 3.24. The first-order valence-electron chi connectivity index (χ1n) is 8.14. The summed E-state index contributed by atoms with van der Waals surface area (Å²) in [6, 6.07) is 11.4. The van der Waals surface area contributed by atoms with E-state index in [1.165, 1.54) is 12.7 Å². The quantitative estimate of drug-likeness (QED) is 0.351. The molecule has 0 bridgehead atoms. The van der Waals surface area contributed by atoms with Crippen molar-refractivity contribution in [3.05, 3.63) is 67.0 Å². The molecule has 27 heavy (non-hydrogen) atoms. The van der Waals surface area contributed by atoms with Gasteiger partial charge in [-0.15, -0.1) is 0 Å². The Morgan fingerprint density at radius 1 is 0.889 bits per heavy atom. The minimum atomic E-state index is 0.430. The van der Waals surface area contributed by atoms with Gasteiger partial charge in [0.15, 0.2) is 11.6 Å². The number of fused-ring (bicyclic) bond motifs is 1. The van der Waals surface area contributed by atoms with Gasteiger partial charge in [0.05, 0.1) is 0 Å². The van der Waals surface area contributed by atoms with Crippen LogP contribution in [0.3, 0.4) is 0 Å². The molecule has 0 atom stereocenters. The van der Waals surface area contributed by atoms with Crippen molar-refractivity contribution in [3.8, 4) is 5.75 Å². The van der Waals surface area contributed by atoms with E-state index in [4.69, 9.17) is 10.6 Å². The van der Waals surface area contributed by atoms with Crippen molar-refractivity contribution in [3.63, 3.8) is 0 Å². The van der Waals surface area contributed by atoms with Gasteiger partial charge in [-0.2, -0.15) is 0 Å². The summed E-state index contributed by atoms with van der Waals surface area (Å²) in [4.78, 5) is 20.8. The number of ether oxygens (including phenoxy) is 1. The monoisotopic (exact) mass is 360 g/mol. The van der Waals surface area contributed by atoms with E-state index in [1.807, 2.05) is 36.4 Å². The molecule has 0 amide bonds. The molecule has 0 unspecified atom stereocenters. The van der Waals surface area contributed by atoms with E-state index in [9.17, 15) is 0 Å². The molecule has 0 radical (unpaired) electrons. The fourth-order valence-electron chi connectivity index (χ4n) is 2.52.